The molecule has 1 unspecified atom stereocenters. The zero-order valence-electron chi connectivity index (χ0n) is 17.9. The summed E-state index contributed by atoms with van der Waals surface area (Å²) in [7, 11) is 0. The molecule has 3 aromatic carbocycles. The molecule has 5 nitrogen and oxygen atoms in total. The first kappa shape index (κ1) is 19.5. The minimum absolute atomic E-state index is 0.0781. The van der Waals surface area contributed by atoms with E-state index in [1.54, 1.807) is 19.1 Å². The van der Waals surface area contributed by atoms with Crippen LogP contribution in [0.1, 0.15) is 49.4 Å². The number of Topliss-reactive ketones (excluding diaryl/α,β-unsaturated/α-hetero) is 1. The molecule has 0 bridgehead atoms. The summed E-state index contributed by atoms with van der Waals surface area (Å²) >= 11 is 0. The molecular formula is C26H24N2O3. The smallest absolute Gasteiger partial charge is 0.272 e. The molecule has 5 heteroatoms. The van der Waals surface area contributed by atoms with Crippen molar-refractivity contribution in [1.82, 2.24) is 0 Å². The number of carbonyl (C=O) groups excluding carboxylic acids is 1. The number of benzene rings is 3. The third-order valence-corrected chi connectivity index (χ3v) is 6.50. The molecule has 0 saturated heterocycles. The standard InChI is InChI=1S/C26H24N2O3/c1-15-8-9-17(12-21(15)28(30)31)25-24-19(13-26(2,3)14-22(24)29)23-18-7-5-4-6-16(18)10-11-20(23)27-25/h4-12,25,27H,13-14H2,1-3H3. The number of aryl methyl sites for hydroxylation is 1. The number of carbonyl (C=O) groups is 1. The van der Waals surface area contributed by atoms with Crippen molar-refractivity contribution in [2.75, 3.05) is 5.32 Å². The first-order chi connectivity index (χ1) is 14.7. The van der Waals surface area contributed by atoms with Gasteiger partial charge >= 0.3 is 0 Å². The largest absolute Gasteiger partial charge is 0.373 e. The van der Waals surface area contributed by atoms with E-state index >= 15 is 0 Å². The first-order valence-corrected chi connectivity index (χ1v) is 10.5. The van der Waals surface area contributed by atoms with E-state index in [-0.39, 0.29) is 21.8 Å². The van der Waals surface area contributed by atoms with Crippen molar-refractivity contribution in [3.05, 3.63) is 87.0 Å². The molecule has 3 aromatic rings. The molecule has 2 aliphatic rings. The Morgan fingerprint density at radius 2 is 1.84 bits per heavy atom. The molecule has 0 spiro atoms. The second kappa shape index (κ2) is 6.77. The van der Waals surface area contributed by atoms with Crippen molar-refractivity contribution in [3.63, 3.8) is 0 Å². The van der Waals surface area contributed by atoms with Gasteiger partial charge in [0.1, 0.15) is 0 Å². The first-order valence-electron chi connectivity index (χ1n) is 10.5. The van der Waals surface area contributed by atoms with Crippen molar-refractivity contribution >= 4 is 33.5 Å². The molecule has 1 heterocycles. The Balaban J connectivity index is 1.78. The molecule has 1 N–H and O–H groups in total. The van der Waals surface area contributed by atoms with Crippen LogP contribution >= 0.6 is 0 Å². The van der Waals surface area contributed by atoms with E-state index < -0.39 is 6.04 Å². The van der Waals surface area contributed by atoms with Crippen LogP contribution in [-0.2, 0) is 4.79 Å². The highest BCUT2D eigenvalue weighted by atomic mass is 16.6. The lowest BCUT2D eigenvalue weighted by Gasteiger charge is -2.40. The van der Waals surface area contributed by atoms with Crippen LogP contribution in [-0.4, -0.2) is 10.7 Å². The van der Waals surface area contributed by atoms with Gasteiger partial charge in [0.05, 0.1) is 11.0 Å². The van der Waals surface area contributed by atoms with Crippen LogP contribution < -0.4 is 5.32 Å². The van der Waals surface area contributed by atoms with Gasteiger partial charge in [-0.3, -0.25) is 14.9 Å². The topological polar surface area (TPSA) is 72.2 Å². The highest BCUT2D eigenvalue weighted by molar-refractivity contribution is 6.12. The SMILES string of the molecule is Cc1ccc(C2Nc3ccc4ccccc4c3C3=C2C(=O)CC(C)(C)C3)cc1[N+](=O)[O-]. The van der Waals surface area contributed by atoms with Crippen molar-refractivity contribution in [3.8, 4) is 0 Å². The zero-order chi connectivity index (χ0) is 21.9. The van der Waals surface area contributed by atoms with Crippen LogP contribution in [0.5, 0.6) is 0 Å². The van der Waals surface area contributed by atoms with Crippen LogP contribution in [0, 0.1) is 22.5 Å². The fraction of sp³-hybridized carbons (Fsp3) is 0.269. The maximum atomic E-state index is 13.4. The number of nitro benzene ring substituents is 1. The molecule has 1 aliphatic carbocycles. The molecule has 0 radical (unpaired) electrons. The summed E-state index contributed by atoms with van der Waals surface area (Å²) in [6, 6.07) is 17.2. The summed E-state index contributed by atoms with van der Waals surface area (Å²) in [6.45, 7) is 6.00. The molecular weight excluding hydrogens is 388 g/mol. The van der Waals surface area contributed by atoms with Crippen LogP contribution in [0.25, 0.3) is 16.3 Å². The van der Waals surface area contributed by atoms with E-state index in [4.69, 9.17) is 0 Å². The number of ketones is 1. The molecule has 31 heavy (non-hydrogen) atoms. The maximum absolute atomic E-state index is 13.4. The molecule has 156 valence electrons. The monoisotopic (exact) mass is 412 g/mol. The Morgan fingerprint density at radius 1 is 1.06 bits per heavy atom. The minimum Gasteiger partial charge on any atom is -0.373 e. The molecule has 1 atom stereocenters. The van der Waals surface area contributed by atoms with Crippen LogP contribution in [0.2, 0.25) is 0 Å². The Bertz CT molecular complexity index is 1300. The van der Waals surface area contributed by atoms with Crippen molar-refractivity contribution in [2.45, 2.75) is 39.7 Å². The number of nitrogens with one attached hydrogen (secondary N) is 1. The van der Waals surface area contributed by atoms with Gasteiger partial charge in [-0.25, -0.2) is 0 Å². The summed E-state index contributed by atoms with van der Waals surface area (Å²) in [6.07, 6.45) is 1.26. The fourth-order valence-electron chi connectivity index (χ4n) is 5.09. The number of fused-ring (bicyclic) bond motifs is 4. The number of anilines is 1. The lowest BCUT2D eigenvalue weighted by molar-refractivity contribution is -0.385. The van der Waals surface area contributed by atoms with Crippen LogP contribution in [0.15, 0.2) is 60.2 Å². The molecule has 0 aromatic heterocycles. The van der Waals surface area contributed by atoms with Gasteiger partial charge < -0.3 is 5.32 Å². The van der Waals surface area contributed by atoms with Gasteiger partial charge in [0, 0.05) is 34.9 Å². The number of allylic oxidation sites excluding steroid dienone is 1. The predicted octanol–water partition coefficient (Wildman–Crippen LogP) is 6.37. The molecule has 5 rings (SSSR count). The third-order valence-electron chi connectivity index (χ3n) is 6.50. The quantitative estimate of drug-likeness (QED) is 0.392. The number of hydrogen-bond acceptors (Lipinski definition) is 4. The van der Waals surface area contributed by atoms with Crippen LogP contribution in [0.4, 0.5) is 11.4 Å². The summed E-state index contributed by atoms with van der Waals surface area (Å²) in [5, 5.41) is 17.3. The highest BCUT2D eigenvalue weighted by Gasteiger charge is 2.41. The van der Waals surface area contributed by atoms with E-state index in [0.717, 1.165) is 45.2 Å². The average Bonchev–Trinajstić information content (AvgIpc) is 2.72. The Kier molecular flexibility index (Phi) is 4.26. The summed E-state index contributed by atoms with van der Waals surface area (Å²) in [5.41, 5.74) is 5.18. The molecule has 1 aliphatic heterocycles. The van der Waals surface area contributed by atoms with Crippen molar-refractivity contribution in [2.24, 2.45) is 5.41 Å². The average molecular weight is 412 g/mol. The van der Waals surface area contributed by atoms with Gasteiger partial charge in [-0.05, 0) is 46.7 Å². The molecule has 0 amide bonds. The Hall–Kier alpha value is -3.47. The second-order valence-corrected chi connectivity index (χ2v) is 9.42. The van der Waals surface area contributed by atoms with Gasteiger partial charge in [0.15, 0.2) is 5.78 Å². The number of nitro groups is 1. The Morgan fingerprint density at radius 3 is 2.61 bits per heavy atom. The lowest BCUT2D eigenvalue weighted by atomic mass is 9.68. The zero-order valence-corrected chi connectivity index (χ0v) is 17.9. The minimum atomic E-state index is -0.397. The summed E-state index contributed by atoms with van der Waals surface area (Å²) < 4.78 is 0. The van der Waals surface area contributed by atoms with E-state index in [1.165, 1.54) is 0 Å². The highest BCUT2D eigenvalue weighted by Crippen LogP contribution is 2.52. The van der Waals surface area contributed by atoms with Crippen molar-refractivity contribution < 1.29 is 9.72 Å². The van der Waals surface area contributed by atoms with E-state index in [1.807, 2.05) is 18.2 Å². The third kappa shape index (κ3) is 3.12. The molecule has 0 saturated carbocycles. The number of rotatable bonds is 2. The second-order valence-electron chi connectivity index (χ2n) is 9.42. The van der Waals surface area contributed by atoms with Gasteiger partial charge in [0.2, 0.25) is 0 Å². The van der Waals surface area contributed by atoms with Crippen molar-refractivity contribution in [1.29, 1.82) is 0 Å². The summed E-state index contributed by atoms with van der Waals surface area (Å²) in [4.78, 5) is 24.6. The Labute approximate surface area is 180 Å². The number of nitrogens with zero attached hydrogens (tertiary/aromatic N) is 1. The predicted molar refractivity (Wildman–Crippen MR) is 123 cm³/mol. The van der Waals surface area contributed by atoms with Crippen LogP contribution in [0.3, 0.4) is 0 Å². The lowest BCUT2D eigenvalue weighted by Crippen LogP contribution is -2.33. The molecule has 0 fully saturated rings. The summed E-state index contributed by atoms with van der Waals surface area (Å²) in [5.74, 6) is 0.116. The van der Waals surface area contributed by atoms with Gasteiger partial charge in [-0.2, -0.15) is 0 Å². The van der Waals surface area contributed by atoms with E-state index in [9.17, 15) is 14.9 Å². The van der Waals surface area contributed by atoms with Gasteiger partial charge in [-0.15, -0.1) is 0 Å². The van der Waals surface area contributed by atoms with E-state index in [0.29, 0.717) is 12.0 Å². The maximum Gasteiger partial charge on any atom is 0.272 e. The number of hydrogen-bond donors (Lipinski definition) is 1. The van der Waals surface area contributed by atoms with E-state index in [2.05, 4.69) is 43.4 Å². The van der Waals surface area contributed by atoms with Gasteiger partial charge in [0.25, 0.3) is 5.69 Å². The van der Waals surface area contributed by atoms with Gasteiger partial charge in [-0.1, -0.05) is 56.3 Å². The fourth-order valence-corrected chi connectivity index (χ4v) is 5.09. The normalized spacial score (nSPS) is 19.6.